The standard InChI is InChI=1S/C23H28N2O3/c1-2-28-22-6-4-3-5-19(22)11-14-24-23(27)20-12-15-25(16-13-20)21-9-7-18(17-26)8-10-21/h3-10,17,20H,2,11-16H2,1H3,(H,24,27). The van der Waals surface area contributed by atoms with E-state index in [0.29, 0.717) is 18.7 Å². The molecule has 0 aromatic heterocycles. The number of rotatable bonds is 8. The Hall–Kier alpha value is -2.82. The zero-order chi connectivity index (χ0) is 19.8. The van der Waals surface area contributed by atoms with Crippen molar-refractivity contribution in [1.82, 2.24) is 5.32 Å². The molecule has 1 fully saturated rings. The molecule has 0 saturated carbocycles. The smallest absolute Gasteiger partial charge is 0.223 e. The van der Waals surface area contributed by atoms with Gasteiger partial charge in [0.1, 0.15) is 12.0 Å². The topological polar surface area (TPSA) is 58.6 Å². The van der Waals surface area contributed by atoms with Crippen molar-refractivity contribution in [3.05, 3.63) is 59.7 Å². The number of nitrogens with one attached hydrogen (secondary N) is 1. The minimum absolute atomic E-state index is 0.0626. The molecule has 1 N–H and O–H groups in total. The molecule has 1 amide bonds. The largest absolute Gasteiger partial charge is 0.494 e. The second-order valence-corrected chi connectivity index (χ2v) is 7.05. The number of para-hydroxylation sites is 1. The Morgan fingerprint density at radius 1 is 1.14 bits per heavy atom. The molecule has 0 spiro atoms. The highest BCUT2D eigenvalue weighted by Crippen LogP contribution is 2.24. The lowest BCUT2D eigenvalue weighted by molar-refractivity contribution is -0.125. The fraction of sp³-hybridized carbons (Fsp3) is 0.391. The van der Waals surface area contributed by atoms with E-state index in [9.17, 15) is 9.59 Å². The Morgan fingerprint density at radius 2 is 1.86 bits per heavy atom. The Morgan fingerprint density at radius 3 is 2.54 bits per heavy atom. The molecule has 0 bridgehead atoms. The van der Waals surface area contributed by atoms with Gasteiger partial charge < -0.3 is 15.0 Å². The van der Waals surface area contributed by atoms with Crippen molar-refractivity contribution in [3.63, 3.8) is 0 Å². The molecule has 5 nitrogen and oxygen atoms in total. The van der Waals surface area contributed by atoms with E-state index in [1.54, 1.807) is 0 Å². The first-order valence-corrected chi connectivity index (χ1v) is 10.00. The molecule has 1 heterocycles. The number of hydrogen-bond acceptors (Lipinski definition) is 4. The third kappa shape index (κ3) is 5.12. The summed E-state index contributed by atoms with van der Waals surface area (Å²) >= 11 is 0. The minimum atomic E-state index is 0.0626. The molecule has 2 aromatic rings. The maximum atomic E-state index is 12.5. The molecule has 1 aliphatic rings. The number of ether oxygens (including phenoxy) is 1. The number of carbonyl (C=O) groups excluding carboxylic acids is 2. The van der Waals surface area contributed by atoms with Crippen LogP contribution in [-0.2, 0) is 11.2 Å². The van der Waals surface area contributed by atoms with E-state index < -0.39 is 0 Å². The molecule has 0 unspecified atom stereocenters. The number of amides is 1. The van der Waals surface area contributed by atoms with Crippen molar-refractivity contribution in [2.45, 2.75) is 26.2 Å². The third-order valence-corrected chi connectivity index (χ3v) is 5.23. The summed E-state index contributed by atoms with van der Waals surface area (Å²) in [6.07, 6.45) is 3.31. The normalized spacial score (nSPS) is 14.5. The third-order valence-electron chi connectivity index (χ3n) is 5.23. The lowest BCUT2D eigenvalue weighted by Gasteiger charge is -2.33. The van der Waals surface area contributed by atoms with Crippen molar-refractivity contribution < 1.29 is 14.3 Å². The Bertz CT molecular complexity index is 781. The molecule has 0 radical (unpaired) electrons. The van der Waals surface area contributed by atoms with Gasteiger partial charge in [-0.05, 0) is 62.1 Å². The van der Waals surface area contributed by atoms with Crippen LogP contribution in [0.3, 0.4) is 0 Å². The van der Waals surface area contributed by atoms with Gasteiger partial charge in [0.15, 0.2) is 0 Å². The van der Waals surface area contributed by atoms with E-state index in [4.69, 9.17) is 4.74 Å². The zero-order valence-corrected chi connectivity index (χ0v) is 16.4. The molecule has 148 valence electrons. The monoisotopic (exact) mass is 380 g/mol. The summed E-state index contributed by atoms with van der Waals surface area (Å²) in [6, 6.07) is 15.6. The molecule has 3 rings (SSSR count). The SMILES string of the molecule is CCOc1ccccc1CCNC(=O)C1CCN(c2ccc(C=O)cc2)CC1. The first-order valence-electron chi connectivity index (χ1n) is 10.00. The second kappa shape index (κ2) is 9.93. The molecule has 5 heteroatoms. The molecular weight excluding hydrogens is 352 g/mol. The van der Waals surface area contributed by atoms with Crippen LogP contribution < -0.4 is 15.0 Å². The van der Waals surface area contributed by atoms with Crippen LogP contribution in [-0.4, -0.2) is 38.4 Å². The van der Waals surface area contributed by atoms with E-state index in [0.717, 1.165) is 55.6 Å². The first-order chi connectivity index (χ1) is 13.7. The van der Waals surface area contributed by atoms with Gasteiger partial charge in [0.05, 0.1) is 6.61 Å². The number of hydrogen-bond donors (Lipinski definition) is 1. The predicted octanol–water partition coefficient (Wildman–Crippen LogP) is 3.47. The summed E-state index contributed by atoms with van der Waals surface area (Å²) in [4.78, 5) is 25.6. The summed E-state index contributed by atoms with van der Waals surface area (Å²) in [6.45, 7) is 4.94. The fourth-order valence-corrected chi connectivity index (χ4v) is 3.63. The van der Waals surface area contributed by atoms with E-state index in [1.165, 1.54) is 0 Å². The van der Waals surface area contributed by atoms with Crippen molar-refractivity contribution in [3.8, 4) is 5.75 Å². The van der Waals surface area contributed by atoms with Gasteiger partial charge in [0, 0.05) is 36.8 Å². The summed E-state index contributed by atoms with van der Waals surface area (Å²) in [5.41, 5.74) is 2.92. The average Bonchev–Trinajstić information content (AvgIpc) is 2.75. The van der Waals surface area contributed by atoms with Gasteiger partial charge in [0.25, 0.3) is 0 Å². The van der Waals surface area contributed by atoms with Gasteiger partial charge in [-0.25, -0.2) is 0 Å². The van der Waals surface area contributed by atoms with Crippen LogP contribution in [0.2, 0.25) is 0 Å². The highest BCUT2D eigenvalue weighted by molar-refractivity contribution is 5.79. The van der Waals surface area contributed by atoms with Crippen LogP contribution in [0.15, 0.2) is 48.5 Å². The molecule has 1 saturated heterocycles. The Kier molecular flexibility index (Phi) is 7.06. The number of anilines is 1. The fourth-order valence-electron chi connectivity index (χ4n) is 3.63. The predicted molar refractivity (Wildman–Crippen MR) is 111 cm³/mol. The van der Waals surface area contributed by atoms with Gasteiger partial charge in [-0.2, -0.15) is 0 Å². The van der Waals surface area contributed by atoms with E-state index >= 15 is 0 Å². The highest BCUT2D eigenvalue weighted by atomic mass is 16.5. The zero-order valence-electron chi connectivity index (χ0n) is 16.4. The molecule has 0 aliphatic carbocycles. The molecule has 2 aromatic carbocycles. The van der Waals surface area contributed by atoms with Crippen LogP contribution in [0.25, 0.3) is 0 Å². The summed E-state index contributed by atoms with van der Waals surface area (Å²) in [5, 5.41) is 3.09. The second-order valence-electron chi connectivity index (χ2n) is 7.05. The quantitative estimate of drug-likeness (QED) is 0.713. The summed E-state index contributed by atoms with van der Waals surface area (Å²) < 4.78 is 5.64. The van der Waals surface area contributed by atoms with Crippen molar-refractivity contribution in [1.29, 1.82) is 0 Å². The van der Waals surface area contributed by atoms with Gasteiger partial charge >= 0.3 is 0 Å². The van der Waals surface area contributed by atoms with Crippen molar-refractivity contribution in [2.75, 3.05) is 31.1 Å². The van der Waals surface area contributed by atoms with Gasteiger partial charge in [0.2, 0.25) is 5.91 Å². The number of nitrogens with zero attached hydrogens (tertiary/aromatic N) is 1. The van der Waals surface area contributed by atoms with Gasteiger partial charge in [-0.3, -0.25) is 9.59 Å². The van der Waals surface area contributed by atoms with Crippen LogP contribution >= 0.6 is 0 Å². The lowest BCUT2D eigenvalue weighted by atomic mass is 9.95. The maximum absolute atomic E-state index is 12.5. The number of carbonyl (C=O) groups is 2. The molecular formula is C23H28N2O3. The van der Waals surface area contributed by atoms with Gasteiger partial charge in [-0.15, -0.1) is 0 Å². The van der Waals surface area contributed by atoms with Crippen LogP contribution in [0.5, 0.6) is 5.75 Å². The van der Waals surface area contributed by atoms with E-state index in [1.807, 2.05) is 55.5 Å². The molecule has 28 heavy (non-hydrogen) atoms. The number of aldehydes is 1. The lowest BCUT2D eigenvalue weighted by Crippen LogP contribution is -2.41. The van der Waals surface area contributed by atoms with Crippen LogP contribution in [0.1, 0.15) is 35.7 Å². The summed E-state index contributed by atoms with van der Waals surface area (Å²) in [7, 11) is 0. The Labute approximate surface area is 166 Å². The van der Waals surface area contributed by atoms with Crippen LogP contribution in [0.4, 0.5) is 5.69 Å². The van der Waals surface area contributed by atoms with Crippen LogP contribution in [0, 0.1) is 5.92 Å². The Balaban J connectivity index is 1.44. The van der Waals surface area contributed by atoms with Crippen molar-refractivity contribution >= 4 is 17.9 Å². The first kappa shape index (κ1) is 19.9. The maximum Gasteiger partial charge on any atom is 0.223 e. The average molecular weight is 380 g/mol. The number of piperidine rings is 1. The van der Waals surface area contributed by atoms with Crippen molar-refractivity contribution in [2.24, 2.45) is 5.92 Å². The highest BCUT2D eigenvalue weighted by Gasteiger charge is 2.24. The number of benzene rings is 2. The minimum Gasteiger partial charge on any atom is -0.494 e. The van der Waals surface area contributed by atoms with Gasteiger partial charge in [-0.1, -0.05) is 18.2 Å². The summed E-state index contributed by atoms with van der Waals surface area (Å²) in [5.74, 6) is 1.10. The van der Waals surface area contributed by atoms with E-state index in [2.05, 4.69) is 10.2 Å². The molecule has 1 aliphatic heterocycles. The van der Waals surface area contributed by atoms with E-state index in [-0.39, 0.29) is 11.8 Å². The molecule has 0 atom stereocenters.